The van der Waals surface area contributed by atoms with E-state index in [0.29, 0.717) is 5.56 Å². The first kappa shape index (κ1) is 16.4. The van der Waals surface area contributed by atoms with Crippen LogP contribution < -0.4 is 16.8 Å². The number of carbonyl (C=O) groups excluding carboxylic acids is 2. The normalized spacial score (nSPS) is 13.2. The Kier molecular flexibility index (Phi) is 5.67. The number of hydrogen-bond donors (Lipinski definition) is 5. The smallest absolute Gasteiger partial charge is 0.305 e. The molecule has 7 N–H and O–H groups in total. The summed E-state index contributed by atoms with van der Waals surface area (Å²) < 4.78 is 0. The molecule has 1 aromatic carbocycles. The van der Waals surface area contributed by atoms with Crippen molar-refractivity contribution in [3.63, 3.8) is 0 Å². The van der Waals surface area contributed by atoms with Gasteiger partial charge in [0.2, 0.25) is 11.8 Å². The van der Waals surface area contributed by atoms with Gasteiger partial charge in [-0.15, -0.1) is 0 Å². The maximum absolute atomic E-state index is 11.7. The minimum absolute atomic E-state index is 0.0712. The predicted octanol–water partition coefficient (Wildman–Crippen LogP) is -1.29. The number of nitrogens with two attached hydrogens (primary N) is 2. The summed E-state index contributed by atoms with van der Waals surface area (Å²) in [6, 6.07) is 3.76. The molecule has 8 heteroatoms. The Labute approximate surface area is 120 Å². The summed E-state index contributed by atoms with van der Waals surface area (Å²) in [4.78, 5) is 33.5. The van der Waals surface area contributed by atoms with Crippen LogP contribution in [-0.4, -0.2) is 40.1 Å². The van der Waals surface area contributed by atoms with Gasteiger partial charge < -0.3 is 27.0 Å². The molecule has 0 bridgehead atoms. The minimum atomic E-state index is -1.26. The molecule has 0 aliphatic carbocycles. The SMILES string of the molecule is NC(=O)[C@H](Cc1ccc(O)cc1)NC(=O)[C@@H](N)CC(=O)O. The van der Waals surface area contributed by atoms with Gasteiger partial charge in [0, 0.05) is 6.42 Å². The highest BCUT2D eigenvalue weighted by Crippen LogP contribution is 2.11. The number of aliphatic carboxylic acids is 1. The minimum Gasteiger partial charge on any atom is -0.508 e. The summed E-state index contributed by atoms with van der Waals surface area (Å²) in [7, 11) is 0. The van der Waals surface area contributed by atoms with Crippen molar-refractivity contribution in [2.45, 2.75) is 24.9 Å². The fourth-order valence-corrected chi connectivity index (χ4v) is 1.65. The lowest BCUT2D eigenvalue weighted by Crippen LogP contribution is -2.51. The van der Waals surface area contributed by atoms with Crippen molar-refractivity contribution in [2.24, 2.45) is 11.5 Å². The number of carboxylic acids is 1. The zero-order valence-electron chi connectivity index (χ0n) is 11.2. The number of primary amides is 1. The first-order valence-corrected chi connectivity index (χ1v) is 6.14. The van der Waals surface area contributed by atoms with Crippen molar-refractivity contribution in [1.82, 2.24) is 5.32 Å². The third-order valence-electron chi connectivity index (χ3n) is 2.77. The highest BCUT2D eigenvalue weighted by Gasteiger charge is 2.23. The Morgan fingerprint density at radius 2 is 1.76 bits per heavy atom. The second-order valence-corrected chi connectivity index (χ2v) is 4.54. The van der Waals surface area contributed by atoms with Gasteiger partial charge in [0.25, 0.3) is 0 Å². The molecule has 1 rings (SSSR count). The number of carbonyl (C=O) groups is 3. The first-order chi connectivity index (χ1) is 9.79. The van der Waals surface area contributed by atoms with Crippen molar-refractivity contribution in [3.05, 3.63) is 29.8 Å². The summed E-state index contributed by atoms with van der Waals surface area (Å²) in [5.41, 5.74) is 11.3. The Bertz CT molecular complexity index is 529. The maximum Gasteiger partial charge on any atom is 0.305 e. The fourth-order valence-electron chi connectivity index (χ4n) is 1.65. The predicted molar refractivity (Wildman–Crippen MR) is 73.2 cm³/mol. The number of phenolic OH excluding ortho intramolecular Hbond substituents is 1. The summed E-state index contributed by atoms with van der Waals surface area (Å²) >= 11 is 0. The van der Waals surface area contributed by atoms with Crippen LogP contribution in [0.5, 0.6) is 5.75 Å². The average molecular weight is 295 g/mol. The van der Waals surface area contributed by atoms with Crippen molar-refractivity contribution < 1.29 is 24.6 Å². The third kappa shape index (κ3) is 5.49. The summed E-state index contributed by atoms with van der Waals surface area (Å²) in [6.07, 6.45) is -0.433. The third-order valence-corrected chi connectivity index (χ3v) is 2.77. The van der Waals surface area contributed by atoms with Gasteiger partial charge in [-0.05, 0) is 17.7 Å². The van der Waals surface area contributed by atoms with Gasteiger partial charge in [-0.25, -0.2) is 0 Å². The first-order valence-electron chi connectivity index (χ1n) is 6.14. The summed E-state index contributed by atoms with van der Waals surface area (Å²) in [5.74, 6) is -2.67. The van der Waals surface area contributed by atoms with E-state index in [1.807, 2.05) is 0 Å². The van der Waals surface area contributed by atoms with Crippen LogP contribution in [0.3, 0.4) is 0 Å². The van der Waals surface area contributed by atoms with E-state index in [1.165, 1.54) is 12.1 Å². The van der Waals surface area contributed by atoms with Crippen molar-refractivity contribution in [3.8, 4) is 5.75 Å². The van der Waals surface area contributed by atoms with Gasteiger partial charge in [-0.2, -0.15) is 0 Å². The molecule has 2 atom stereocenters. The average Bonchev–Trinajstić information content (AvgIpc) is 2.39. The van der Waals surface area contributed by atoms with Crippen LogP contribution in [-0.2, 0) is 20.8 Å². The molecule has 0 spiro atoms. The topological polar surface area (TPSA) is 156 Å². The maximum atomic E-state index is 11.7. The van der Waals surface area contributed by atoms with E-state index >= 15 is 0 Å². The molecule has 0 saturated heterocycles. The lowest BCUT2D eigenvalue weighted by Gasteiger charge is -2.18. The molecule has 0 radical (unpaired) electrons. The van der Waals surface area contributed by atoms with E-state index in [0.717, 1.165) is 0 Å². The second-order valence-electron chi connectivity index (χ2n) is 4.54. The van der Waals surface area contributed by atoms with Gasteiger partial charge >= 0.3 is 5.97 Å². The standard InChI is InChI=1S/C13H17N3O5/c14-9(6-11(18)19)13(21)16-10(12(15)20)5-7-1-3-8(17)4-2-7/h1-4,9-10,17H,5-6,14H2,(H2,15,20)(H,16,21)(H,18,19)/t9-,10-/m0/s1. The van der Waals surface area contributed by atoms with Gasteiger partial charge in [-0.3, -0.25) is 14.4 Å². The van der Waals surface area contributed by atoms with E-state index in [4.69, 9.17) is 21.7 Å². The van der Waals surface area contributed by atoms with E-state index in [1.54, 1.807) is 12.1 Å². The largest absolute Gasteiger partial charge is 0.508 e. The zero-order valence-corrected chi connectivity index (χ0v) is 11.2. The molecule has 0 aliphatic heterocycles. The van der Waals surface area contributed by atoms with Crippen LogP contribution in [0.1, 0.15) is 12.0 Å². The monoisotopic (exact) mass is 295 g/mol. The lowest BCUT2D eigenvalue weighted by atomic mass is 10.0. The molecular formula is C13H17N3O5. The molecule has 0 aromatic heterocycles. The summed E-state index contributed by atoms with van der Waals surface area (Å²) in [5, 5.41) is 20.1. The van der Waals surface area contributed by atoms with E-state index in [9.17, 15) is 14.4 Å². The van der Waals surface area contributed by atoms with E-state index in [2.05, 4.69) is 5.32 Å². The van der Waals surface area contributed by atoms with Crippen LogP contribution >= 0.6 is 0 Å². The van der Waals surface area contributed by atoms with Crippen LogP contribution in [0.15, 0.2) is 24.3 Å². The lowest BCUT2D eigenvalue weighted by molar-refractivity contribution is -0.139. The van der Waals surface area contributed by atoms with Gasteiger partial charge in [0.05, 0.1) is 12.5 Å². The van der Waals surface area contributed by atoms with Gasteiger partial charge in [0.15, 0.2) is 0 Å². The number of benzene rings is 1. The molecule has 0 saturated carbocycles. The van der Waals surface area contributed by atoms with Gasteiger partial charge in [-0.1, -0.05) is 12.1 Å². The molecule has 8 nitrogen and oxygen atoms in total. The molecular weight excluding hydrogens is 278 g/mol. The molecule has 0 fully saturated rings. The van der Waals surface area contributed by atoms with Crippen molar-refractivity contribution in [1.29, 1.82) is 0 Å². The Morgan fingerprint density at radius 3 is 2.24 bits per heavy atom. The number of aromatic hydroxyl groups is 1. The highest BCUT2D eigenvalue weighted by atomic mass is 16.4. The van der Waals surface area contributed by atoms with E-state index < -0.39 is 36.3 Å². The van der Waals surface area contributed by atoms with Crippen molar-refractivity contribution >= 4 is 17.8 Å². The van der Waals surface area contributed by atoms with Crippen LogP contribution in [0, 0.1) is 0 Å². The van der Waals surface area contributed by atoms with E-state index in [-0.39, 0.29) is 12.2 Å². The quantitative estimate of drug-likeness (QED) is 0.421. The zero-order chi connectivity index (χ0) is 16.0. The summed E-state index contributed by atoms with van der Waals surface area (Å²) in [6.45, 7) is 0. The second kappa shape index (κ2) is 7.25. The molecule has 0 heterocycles. The fraction of sp³-hybridized carbons (Fsp3) is 0.308. The van der Waals surface area contributed by atoms with Crippen LogP contribution in [0.25, 0.3) is 0 Å². The number of carboxylic acid groups (broad SMARTS) is 1. The van der Waals surface area contributed by atoms with Crippen LogP contribution in [0.2, 0.25) is 0 Å². The Balaban J connectivity index is 2.69. The number of nitrogens with one attached hydrogen (secondary N) is 1. The molecule has 114 valence electrons. The number of rotatable bonds is 7. The Morgan fingerprint density at radius 1 is 1.19 bits per heavy atom. The molecule has 0 aliphatic rings. The van der Waals surface area contributed by atoms with Gasteiger partial charge in [0.1, 0.15) is 11.8 Å². The molecule has 0 unspecified atom stereocenters. The molecule has 2 amide bonds. The highest BCUT2D eigenvalue weighted by molar-refractivity contribution is 5.90. The molecule has 21 heavy (non-hydrogen) atoms. The number of phenols is 1. The Hall–Kier alpha value is -2.61. The van der Waals surface area contributed by atoms with Crippen LogP contribution in [0.4, 0.5) is 0 Å². The van der Waals surface area contributed by atoms with Crippen molar-refractivity contribution in [2.75, 3.05) is 0 Å². The molecule has 1 aromatic rings. The number of amides is 2. The number of hydrogen-bond acceptors (Lipinski definition) is 5.